The number of hydrogen-bond donors (Lipinski definition) is 1. The molecule has 0 bridgehead atoms. The molecule has 0 spiro atoms. The van der Waals surface area contributed by atoms with E-state index in [2.05, 4.69) is 0 Å². The second-order valence-electron chi connectivity index (χ2n) is 3.43. The van der Waals surface area contributed by atoms with Gasteiger partial charge >= 0.3 is 0 Å². The van der Waals surface area contributed by atoms with E-state index in [1.165, 1.54) is 0 Å². The zero-order valence-corrected chi connectivity index (χ0v) is 8.03. The lowest BCUT2D eigenvalue weighted by molar-refractivity contribution is -0.114. The normalized spacial score (nSPS) is 14.6. The fourth-order valence-electron chi connectivity index (χ4n) is 1.71. The van der Waals surface area contributed by atoms with Crippen molar-refractivity contribution < 1.29 is 4.79 Å². The molecule has 0 saturated heterocycles. The van der Waals surface area contributed by atoms with E-state index in [1.54, 1.807) is 6.20 Å². The Morgan fingerprint density at radius 1 is 1.43 bits per heavy atom. The summed E-state index contributed by atoms with van der Waals surface area (Å²) in [6.45, 7) is 0. The number of nitrogens with zero attached hydrogens (tertiary/aromatic N) is 1. The smallest absolute Gasteiger partial charge is 0.246 e. The van der Waals surface area contributed by atoms with Crippen molar-refractivity contribution in [3.05, 3.63) is 41.6 Å². The molecule has 1 aromatic rings. The van der Waals surface area contributed by atoms with E-state index < -0.39 is 0 Å². The molecule has 0 atom stereocenters. The first-order chi connectivity index (χ1) is 6.68. The van der Waals surface area contributed by atoms with Gasteiger partial charge in [0.2, 0.25) is 5.91 Å². The van der Waals surface area contributed by atoms with Gasteiger partial charge in [-0.2, -0.15) is 0 Å². The van der Waals surface area contributed by atoms with E-state index in [4.69, 9.17) is 5.73 Å². The number of primary amides is 1. The fraction of sp³-hybridized carbons (Fsp3) is 0.182. The summed E-state index contributed by atoms with van der Waals surface area (Å²) in [6.07, 6.45) is 2.43. The molecule has 0 saturated carbocycles. The second kappa shape index (κ2) is 3.18. The number of carbonyl (C=O) groups excluding carboxylic acids is 1. The molecule has 3 nitrogen and oxygen atoms in total. The fourth-order valence-corrected chi connectivity index (χ4v) is 1.71. The summed E-state index contributed by atoms with van der Waals surface area (Å²) in [5, 5.41) is 0. The molecular formula is C11H12N2O. The Morgan fingerprint density at radius 3 is 2.86 bits per heavy atom. The number of rotatable bonds is 1. The highest BCUT2D eigenvalue weighted by Crippen LogP contribution is 2.26. The maximum atomic E-state index is 11.0. The molecule has 0 aromatic heterocycles. The van der Waals surface area contributed by atoms with E-state index in [0.29, 0.717) is 12.0 Å². The van der Waals surface area contributed by atoms with Gasteiger partial charge in [0, 0.05) is 30.9 Å². The lowest BCUT2D eigenvalue weighted by Crippen LogP contribution is -2.24. The van der Waals surface area contributed by atoms with Crippen LogP contribution in [0.25, 0.3) is 0 Å². The first-order valence-electron chi connectivity index (χ1n) is 4.49. The van der Waals surface area contributed by atoms with Gasteiger partial charge in [0.05, 0.1) is 0 Å². The van der Waals surface area contributed by atoms with Gasteiger partial charge in [0.25, 0.3) is 0 Å². The van der Waals surface area contributed by atoms with Gasteiger partial charge in [-0.3, -0.25) is 4.79 Å². The van der Waals surface area contributed by atoms with E-state index in [1.807, 2.05) is 36.2 Å². The predicted molar refractivity (Wildman–Crippen MR) is 55.8 cm³/mol. The molecule has 1 aliphatic rings. The highest BCUT2D eigenvalue weighted by Gasteiger charge is 2.16. The van der Waals surface area contributed by atoms with Crippen molar-refractivity contribution in [1.29, 1.82) is 0 Å². The van der Waals surface area contributed by atoms with Gasteiger partial charge in [-0.25, -0.2) is 0 Å². The molecule has 2 N–H and O–H groups in total. The topological polar surface area (TPSA) is 46.3 Å². The maximum Gasteiger partial charge on any atom is 0.246 e. The number of carbonyl (C=O) groups is 1. The molecule has 1 amide bonds. The second-order valence-corrected chi connectivity index (χ2v) is 3.43. The molecule has 14 heavy (non-hydrogen) atoms. The number of amides is 1. The summed E-state index contributed by atoms with van der Waals surface area (Å²) >= 11 is 0. The highest BCUT2D eigenvalue weighted by atomic mass is 16.1. The molecule has 0 fully saturated rings. The van der Waals surface area contributed by atoms with Crippen molar-refractivity contribution >= 4 is 11.6 Å². The van der Waals surface area contributed by atoms with Gasteiger partial charge in [0.1, 0.15) is 0 Å². The lowest BCUT2D eigenvalue weighted by atomic mass is 10.00. The quantitative estimate of drug-likeness (QED) is 0.716. The standard InChI is InChI=1S/C11H12N2O/c1-13-7-9(11(12)14)6-8-4-2-3-5-10(8)13/h2-5,7H,6H2,1H3,(H2,12,14). The van der Waals surface area contributed by atoms with Gasteiger partial charge in [-0.1, -0.05) is 18.2 Å². The first-order valence-corrected chi connectivity index (χ1v) is 4.49. The maximum absolute atomic E-state index is 11.0. The molecule has 1 heterocycles. The average Bonchev–Trinajstić information content (AvgIpc) is 2.17. The van der Waals surface area contributed by atoms with Crippen molar-refractivity contribution in [3.63, 3.8) is 0 Å². The molecular weight excluding hydrogens is 176 g/mol. The molecule has 0 unspecified atom stereocenters. The van der Waals surface area contributed by atoms with E-state index in [-0.39, 0.29) is 5.91 Å². The number of fused-ring (bicyclic) bond motifs is 1. The van der Waals surface area contributed by atoms with Crippen LogP contribution in [0.15, 0.2) is 36.0 Å². The van der Waals surface area contributed by atoms with Crippen LogP contribution in [0.5, 0.6) is 0 Å². The van der Waals surface area contributed by atoms with Crippen molar-refractivity contribution in [1.82, 2.24) is 0 Å². The molecule has 1 aromatic carbocycles. The summed E-state index contributed by atoms with van der Waals surface area (Å²) in [7, 11) is 1.92. The van der Waals surface area contributed by atoms with Crippen molar-refractivity contribution in [2.24, 2.45) is 5.73 Å². The number of hydrogen-bond acceptors (Lipinski definition) is 2. The minimum absolute atomic E-state index is 0.341. The van der Waals surface area contributed by atoms with Crippen LogP contribution < -0.4 is 10.6 Å². The predicted octanol–water partition coefficient (Wildman–Crippen LogP) is 1.05. The summed E-state index contributed by atoms with van der Waals surface area (Å²) < 4.78 is 0. The number of benzene rings is 1. The highest BCUT2D eigenvalue weighted by molar-refractivity contribution is 5.94. The Bertz CT molecular complexity index is 410. The minimum atomic E-state index is -0.341. The van der Waals surface area contributed by atoms with Crippen LogP contribution in [0.1, 0.15) is 5.56 Å². The van der Waals surface area contributed by atoms with Crippen molar-refractivity contribution in [3.8, 4) is 0 Å². The Labute approximate surface area is 82.8 Å². The summed E-state index contributed by atoms with van der Waals surface area (Å²) in [5.74, 6) is -0.341. The molecule has 0 aliphatic carbocycles. The van der Waals surface area contributed by atoms with E-state index in [9.17, 15) is 4.79 Å². The summed E-state index contributed by atoms with van der Waals surface area (Å²) in [5.41, 5.74) is 8.19. The third-order valence-corrected chi connectivity index (χ3v) is 2.42. The molecule has 0 radical (unpaired) electrons. The molecule has 2 rings (SSSR count). The zero-order chi connectivity index (χ0) is 10.1. The first kappa shape index (κ1) is 8.81. The van der Waals surface area contributed by atoms with Crippen LogP contribution in [0.2, 0.25) is 0 Å². The number of para-hydroxylation sites is 1. The van der Waals surface area contributed by atoms with E-state index >= 15 is 0 Å². The summed E-state index contributed by atoms with van der Waals surface area (Å²) in [6, 6.07) is 8.00. The van der Waals surface area contributed by atoms with Gasteiger partial charge in [0.15, 0.2) is 0 Å². The molecule has 3 heteroatoms. The summed E-state index contributed by atoms with van der Waals surface area (Å²) in [4.78, 5) is 13.0. The van der Waals surface area contributed by atoms with Crippen LogP contribution in [0.4, 0.5) is 5.69 Å². The van der Waals surface area contributed by atoms with Crippen molar-refractivity contribution in [2.45, 2.75) is 6.42 Å². The molecule has 1 aliphatic heterocycles. The van der Waals surface area contributed by atoms with Gasteiger partial charge < -0.3 is 10.6 Å². The van der Waals surface area contributed by atoms with Crippen LogP contribution in [-0.4, -0.2) is 13.0 Å². The van der Waals surface area contributed by atoms with Crippen LogP contribution >= 0.6 is 0 Å². The van der Waals surface area contributed by atoms with E-state index in [0.717, 1.165) is 11.3 Å². The van der Waals surface area contributed by atoms with Gasteiger partial charge in [-0.05, 0) is 11.6 Å². The molecule has 72 valence electrons. The number of nitrogens with two attached hydrogens (primary N) is 1. The third-order valence-electron chi connectivity index (χ3n) is 2.42. The zero-order valence-electron chi connectivity index (χ0n) is 8.03. The lowest BCUT2D eigenvalue weighted by Gasteiger charge is -2.24. The Balaban J connectivity index is 2.42. The minimum Gasteiger partial charge on any atom is -0.366 e. The van der Waals surface area contributed by atoms with Crippen LogP contribution in [0, 0.1) is 0 Å². The van der Waals surface area contributed by atoms with Crippen molar-refractivity contribution in [2.75, 3.05) is 11.9 Å². The Kier molecular flexibility index (Phi) is 2.00. The van der Waals surface area contributed by atoms with Crippen LogP contribution in [-0.2, 0) is 11.2 Å². The number of anilines is 1. The SMILES string of the molecule is CN1C=C(C(N)=O)Cc2ccccc21. The Hall–Kier alpha value is -1.77. The third kappa shape index (κ3) is 1.37. The monoisotopic (exact) mass is 188 g/mol. The van der Waals surface area contributed by atoms with Gasteiger partial charge in [-0.15, -0.1) is 0 Å². The largest absolute Gasteiger partial charge is 0.366 e. The van der Waals surface area contributed by atoms with Crippen LogP contribution in [0.3, 0.4) is 0 Å². The Morgan fingerprint density at radius 2 is 2.14 bits per heavy atom. The average molecular weight is 188 g/mol.